The quantitative estimate of drug-likeness (QED) is 0.788. The molecule has 0 spiro atoms. The first-order valence-electron chi connectivity index (χ1n) is 7.21. The normalized spacial score (nSPS) is 16.6. The molecule has 0 heterocycles. The van der Waals surface area contributed by atoms with Crippen molar-refractivity contribution in [1.29, 1.82) is 0 Å². The van der Waals surface area contributed by atoms with Gasteiger partial charge in [-0.1, -0.05) is 0 Å². The maximum absolute atomic E-state index is 11.9. The maximum Gasteiger partial charge on any atom is 0.408 e. The molecule has 1 aromatic rings. The number of benzene rings is 1. The smallest absolute Gasteiger partial charge is 0.408 e. The molecule has 1 aromatic carbocycles. The van der Waals surface area contributed by atoms with Gasteiger partial charge in [0.05, 0.1) is 17.2 Å². The highest BCUT2D eigenvalue weighted by Crippen LogP contribution is 2.33. The summed E-state index contributed by atoms with van der Waals surface area (Å²) < 4.78 is 5.19. The van der Waals surface area contributed by atoms with Crippen molar-refractivity contribution in [3.63, 3.8) is 0 Å². The first-order chi connectivity index (χ1) is 10.6. The van der Waals surface area contributed by atoms with Gasteiger partial charge in [0.2, 0.25) is 0 Å². The van der Waals surface area contributed by atoms with Crippen LogP contribution in [0.25, 0.3) is 0 Å². The predicted octanol–water partition coefficient (Wildman–Crippen LogP) is 2.59. The number of fused-ring (bicyclic) bond motifs is 1. The lowest BCUT2D eigenvalue weighted by Crippen LogP contribution is -2.34. The summed E-state index contributed by atoms with van der Waals surface area (Å²) in [6.45, 7) is 5.24. The first kappa shape index (κ1) is 16.8. The number of alkyl carbamates (subject to hydrolysis) is 1. The van der Waals surface area contributed by atoms with Gasteiger partial charge in [-0.05, 0) is 56.9 Å². The average Bonchev–Trinajstić information content (AvgIpc) is 2.77. The molecule has 0 saturated heterocycles. The highest BCUT2D eigenvalue weighted by Gasteiger charge is 2.29. The minimum atomic E-state index is -1.31. The van der Waals surface area contributed by atoms with Gasteiger partial charge in [0.25, 0.3) is 0 Å². The fourth-order valence-electron chi connectivity index (χ4n) is 2.61. The number of nitrogens with one attached hydrogen (secondary N) is 1. The number of ether oxygens (including phenoxy) is 1. The molecule has 1 amide bonds. The van der Waals surface area contributed by atoms with Crippen molar-refractivity contribution in [1.82, 2.24) is 5.32 Å². The number of rotatable bonds is 3. The summed E-state index contributed by atoms with van der Waals surface area (Å²) in [6, 6.07) is 2.31. The summed E-state index contributed by atoms with van der Waals surface area (Å²) in [7, 11) is 0. The highest BCUT2D eigenvalue weighted by atomic mass is 16.6. The Bertz CT molecular complexity index is 674. The van der Waals surface area contributed by atoms with Crippen molar-refractivity contribution >= 4 is 18.0 Å². The number of aromatic carboxylic acids is 2. The van der Waals surface area contributed by atoms with Crippen molar-refractivity contribution in [2.75, 3.05) is 0 Å². The molecular weight excluding hydrogens is 302 g/mol. The van der Waals surface area contributed by atoms with Crippen LogP contribution in [0, 0.1) is 0 Å². The zero-order valence-corrected chi connectivity index (χ0v) is 13.2. The van der Waals surface area contributed by atoms with Gasteiger partial charge in [-0.25, -0.2) is 14.4 Å². The molecule has 1 unspecified atom stereocenters. The van der Waals surface area contributed by atoms with Gasteiger partial charge in [-0.15, -0.1) is 0 Å². The Morgan fingerprint density at radius 2 is 1.70 bits per heavy atom. The van der Waals surface area contributed by atoms with Crippen molar-refractivity contribution in [3.05, 3.63) is 34.4 Å². The van der Waals surface area contributed by atoms with E-state index >= 15 is 0 Å². The molecule has 124 valence electrons. The molecule has 0 bridgehead atoms. The minimum absolute atomic E-state index is 0.242. The lowest BCUT2D eigenvalue weighted by Gasteiger charge is -2.22. The minimum Gasteiger partial charge on any atom is -0.478 e. The van der Waals surface area contributed by atoms with Crippen LogP contribution in [0.2, 0.25) is 0 Å². The van der Waals surface area contributed by atoms with E-state index in [1.54, 1.807) is 20.8 Å². The van der Waals surface area contributed by atoms with Crippen LogP contribution >= 0.6 is 0 Å². The molecular formula is C16H19NO6. The Morgan fingerprint density at radius 1 is 1.13 bits per heavy atom. The molecule has 3 N–H and O–H groups in total. The van der Waals surface area contributed by atoms with Gasteiger partial charge < -0.3 is 20.3 Å². The maximum atomic E-state index is 11.9. The van der Waals surface area contributed by atoms with Crippen molar-refractivity contribution in [3.8, 4) is 0 Å². The fraction of sp³-hybridized carbons (Fsp3) is 0.438. The van der Waals surface area contributed by atoms with Crippen LogP contribution in [-0.4, -0.2) is 33.8 Å². The van der Waals surface area contributed by atoms with E-state index in [4.69, 9.17) is 9.84 Å². The van der Waals surface area contributed by atoms with E-state index in [0.29, 0.717) is 18.4 Å². The second-order valence-corrected chi connectivity index (χ2v) is 6.44. The van der Waals surface area contributed by atoms with Gasteiger partial charge in [-0.3, -0.25) is 0 Å². The van der Waals surface area contributed by atoms with Crippen LogP contribution in [0.1, 0.15) is 65.1 Å². The van der Waals surface area contributed by atoms with E-state index in [-0.39, 0.29) is 17.2 Å². The molecule has 7 heteroatoms. The number of carboxylic acids is 2. The van der Waals surface area contributed by atoms with E-state index in [9.17, 15) is 19.5 Å². The van der Waals surface area contributed by atoms with Gasteiger partial charge in [0, 0.05) is 0 Å². The third-order valence-electron chi connectivity index (χ3n) is 3.51. The van der Waals surface area contributed by atoms with E-state index in [1.165, 1.54) is 12.1 Å². The summed E-state index contributed by atoms with van der Waals surface area (Å²) >= 11 is 0. The molecule has 0 fully saturated rings. The second kappa shape index (κ2) is 5.91. The van der Waals surface area contributed by atoms with E-state index in [0.717, 1.165) is 5.56 Å². The SMILES string of the molecule is CC(C)(C)OC(=O)NC1CCc2cc(C(=O)O)c(C(=O)O)cc21. The van der Waals surface area contributed by atoms with Crippen molar-refractivity contribution in [2.24, 2.45) is 0 Å². The number of hydrogen-bond acceptors (Lipinski definition) is 4. The van der Waals surface area contributed by atoms with Crippen LogP contribution in [-0.2, 0) is 11.2 Å². The highest BCUT2D eigenvalue weighted by molar-refractivity contribution is 6.02. The van der Waals surface area contributed by atoms with E-state index < -0.39 is 23.6 Å². The average molecular weight is 321 g/mol. The molecule has 0 saturated carbocycles. The Balaban J connectivity index is 2.29. The number of aryl methyl sites for hydroxylation is 1. The summed E-state index contributed by atoms with van der Waals surface area (Å²) in [6.07, 6.45) is 0.543. The van der Waals surface area contributed by atoms with Gasteiger partial charge in [-0.2, -0.15) is 0 Å². The Hall–Kier alpha value is -2.57. The lowest BCUT2D eigenvalue weighted by molar-refractivity contribution is 0.0503. The molecule has 1 aliphatic rings. The third kappa shape index (κ3) is 3.80. The number of carbonyl (C=O) groups excluding carboxylic acids is 1. The molecule has 7 nitrogen and oxygen atoms in total. The number of carboxylic acid groups (broad SMARTS) is 2. The molecule has 1 atom stereocenters. The first-order valence-corrected chi connectivity index (χ1v) is 7.21. The monoisotopic (exact) mass is 321 g/mol. The van der Waals surface area contributed by atoms with Crippen molar-refractivity contribution in [2.45, 2.75) is 45.3 Å². The van der Waals surface area contributed by atoms with E-state index in [1.807, 2.05) is 0 Å². The summed E-state index contributed by atoms with van der Waals surface area (Å²) in [4.78, 5) is 34.3. The van der Waals surface area contributed by atoms with Gasteiger partial charge >= 0.3 is 18.0 Å². The van der Waals surface area contributed by atoms with Gasteiger partial charge in [0.15, 0.2) is 0 Å². The standard InChI is InChI=1S/C16H19NO6/c1-16(2,3)23-15(22)17-12-5-4-8-6-10(13(18)19)11(14(20)21)7-9(8)12/h6-7,12H,4-5H2,1-3H3,(H,17,22)(H,18,19)(H,20,21). The molecule has 1 aliphatic carbocycles. The second-order valence-electron chi connectivity index (χ2n) is 6.44. The van der Waals surface area contributed by atoms with Crippen LogP contribution < -0.4 is 5.32 Å². The van der Waals surface area contributed by atoms with Crippen LogP contribution in [0.15, 0.2) is 12.1 Å². The number of carbonyl (C=O) groups is 3. The largest absolute Gasteiger partial charge is 0.478 e. The topological polar surface area (TPSA) is 113 Å². The molecule has 23 heavy (non-hydrogen) atoms. The predicted molar refractivity (Wildman–Crippen MR) is 80.8 cm³/mol. The lowest BCUT2D eigenvalue weighted by atomic mass is 9.98. The Labute approximate surface area is 133 Å². The zero-order chi connectivity index (χ0) is 17.4. The molecule has 0 aliphatic heterocycles. The fourth-order valence-corrected chi connectivity index (χ4v) is 2.61. The van der Waals surface area contributed by atoms with Gasteiger partial charge in [0.1, 0.15) is 5.60 Å². The Morgan fingerprint density at radius 3 is 2.22 bits per heavy atom. The summed E-state index contributed by atoms with van der Waals surface area (Å²) in [5.41, 5.74) is 0.195. The van der Waals surface area contributed by atoms with Crippen molar-refractivity contribution < 1.29 is 29.3 Å². The number of hydrogen-bond donors (Lipinski definition) is 3. The van der Waals surface area contributed by atoms with Crippen LogP contribution in [0.4, 0.5) is 4.79 Å². The summed E-state index contributed by atoms with van der Waals surface area (Å²) in [5.74, 6) is -2.60. The molecule has 0 radical (unpaired) electrons. The molecule has 0 aromatic heterocycles. The third-order valence-corrected chi connectivity index (χ3v) is 3.51. The zero-order valence-electron chi connectivity index (χ0n) is 13.2. The summed E-state index contributed by atoms with van der Waals surface area (Å²) in [5, 5.41) is 21.0. The molecule has 2 rings (SSSR count). The number of amides is 1. The van der Waals surface area contributed by atoms with Crippen LogP contribution in [0.3, 0.4) is 0 Å². The van der Waals surface area contributed by atoms with Crippen LogP contribution in [0.5, 0.6) is 0 Å². The van der Waals surface area contributed by atoms with E-state index in [2.05, 4.69) is 5.32 Å². The Kier molecular flexibility index (Phi) is 4.31.